The molecule has 0 saturated heterocycles. The number of rotatable bonds is 4. The molecule has 4 nitrogen and oxygen atoms in total. The lowest BCUT2D eigenvalue weighted by Gasteiger charge is -2.28. The predicted molar refractivity (Wildman–Crippen MR) is 80.9 cm³/mol. The quantitative estimate of drug-likeness (QED) is 0.657. The number of nitrogens with zero attached hydrogens (tertiary/aromatic N) is 1. The average molecular weight is 278 g/mol. The van der Waals surface area contributed by atoms with Crippen molar-refractivity contribution in [1.82, 2.24) is 10.4 Å². The number of hydrogen-bond acceptors (Lipinski definition) is 3. The van der Waals surface area contributed by atoms with Gasteiger partial charge in [-0.1, -0.05) is 33.3 Å². The summed E-state index contributed by atoms with van der Waals surface area (Å²) in [5.41, 5.74) is 4.73. The van der Waals surface area contributed by atoms with Crippen molar-refractivity contribution in [2.24, 2.45) is 0 Å². The Morgan fingerprint density at radius 1 is 1.35 bits per heavy atom. The number of carbonyl (C=O) groups is 1. The highest BCUT2D eigenvalue weighted by atomic mass is 16.5. The highest BCUT2D eigenvalue weighted by Crippen LogP contribution is 2.20. The number of carbonyl (C=O) groups excluding carboxylic acids is 1. The number of amides is 1. The molecule has 0 saturated carbocycles. The van der Waals surface area contributed by atoms with Crippen LogP contribution in [-0.2, 0) is 13.0 Å². The first kappa shape index (κ1) is 16.7. The van der Waals surface area contributed by atoms with Crippen molar-refractivity contribution in [3.63, 3.8) is 0 Å². The highest BCUT2D eigenvalue weighted by Gasteiger charge is 2.17. The first-order chi connectivity index (χ1) is 9.74. The zero-order valence-corrected chi connectivity index (χ0v) is 12.8. The molecule has 2 N–H and O–H groups in total. The summed E-state index contributed by atoms with van der Waals surface area (Å²) in [6.07, 6.45) is 3.44. The number of unbranched alkanes of at least 4 members (excludes halogenated alkanes) is 1. The molecule has 0 aromatic heterocycles. The van der Waals surface area contributed by atoms with E-state index in [4.69, 9.17) is 5.21 Å². The lowest BCUT2D eigenvalue weighted by molar-refractivity contribution is 0.0706. The Morgan fingerprint density at radius 2 is 2.10 bits per heavy atom. The number of hydrogen-bond donors (Lipinski definition) is 2. The second-order valence-corrected chi connectivity index (χ2v) is 4.80. The van der Waals surface area contributed by atoms with E-state index in [1.807, 2.05) is 26.0 Å². The molecule has 1 aliphatic rings. The summed E-state index contributed by atoms with van der Waals surface area (Å²) in [7, 11) is 0. The normalized spacial score (nSPS) is 14.0. The van der Waals surface area contributed by atoms with Crippen LogP contribution >= 0.6 is 0 Å². The molecule has 112 valence electrons. The summed E-state index contributed by atoms with van der Waals surface area (Å²) in [4.78, 5) is 13.8. The minimum atomic E-state index is -0.439. The van der Waals surface area contributed by atoms with Gasteiger partial charge in [-0.05, 0) is 42.6 Å². The molecule has 0 bridgehead atoms. The van der Waals surface area contributed by atoms with Gasteiger partial charge in [0, 0.05) is 18.7 Å². The first-order valence-electron chi connectivity index (χ1n) is 7.53. The Labute approximate surface area is 121 Å². The van der Waals surface area contributed by atoms with Gasteiger partial charge in [0.05, 0.1) is 0 Å². The van der Waals surface area contributed by atoms with E-state index < -0.39 is 5.91 Å². The van der Waals surface area contributed by atoms with Crippen molar-refractivity contribution in [1.29, 1.82) is 0 Å². The second kappa shape index (κ2) is 8.72. The Bertz CT molecular complexity index is 432. The molecule has 0 fully saturated rings. The molecule has 1 aromatic rings. The predicted octanol–water partition coefficient (Wildman–Crippen LogP) is 2.99. The van der Waals surface area contributed by atoms with Crippen LogP contribution in [0.2, 0.25) is 0 Å². The maximum Gasteiger partial charge on any atom is 0.274 e. The summed E-state index contributed by atoms with van der Waals surface area (Å²) < 4.78 is 0. The second-order valence-electron chi connectivity index (χ2n) is 4.80. The lowest BCUT2D eigenvalue weighted by atomic mass is 9.97. The molecule has 20 heavy (non-hydrogen) atoms. The third-order valence-electron chi connectivity index (χ3n) is 3.49. The van der Waals surface area contributed by atoms with E-state index in [2.05, 4.69) is 11.8 Å². The van der Waals surface area contributed by atoms with Crippen molar-refractivity contribution in [3.05, 3.63) is 34.9 Å². The standard InChI is InChI=1S/C14H20N2O2.C2H6/c1-2-3-7-16-8-6-11-9-12(14(17)15-18)4-5-13(11)10-16;1-2/h4-5,9,18H,2-3,6-8,10H2,1H3,(H,15,17);1-2H3. The van der Waals surface area contributed by atoms with Gasteiger partial charge in [-0.25, -0.2) is 5.48 Å². The van der Waals surface area contributed by atoms with E-state index in [9.17, 15) is 4.79 Å². The van der Waals surface area contributed by atoms with Gasteiger partial charge in [-0.2, -0.15) is 0 Å². The summed E-state index contributed by atoms with van der Waals surface area (Å²) >= 11 is 0. The fraction of sp³-hybridized carbons (Fsp3) is 0.562. The molecule has 0 aliphatic carbocycles. The van der Waals surface area contributed by atoms with E-state index in [1.165, 1.54) is 24.0 Å². The topological polar surface area (TPSA) is 52.6 Å². The number of nitrogens with one attached hydrogen (secondary N) is 1. The van der Waals surface area contributed by atoms with Gasteiger partial charge in [-0.3, -0.25) is 14.9 Å². The van der Waals surface area contributed by atoms with Crippen LogP contribution < -0.4 is 5.48 Å². The van der Waals surface area contributed by atoms with E-state index >= 15 is 0 Å². The fourth-order valence-electron chi connectivity index (χ4n) is 2.39. The molecule has 4 heteroatoms. The zero-order valence-electron chi connectivity index (χ0n) is 12.8. The molecule has 1 aromatic carbocycles. The molecule has 1 heterocycles. The van der Waals surface area contributed by atoms with Crippen LogP contribution in [0.5, 0.6) is 0 Å². The largest absolute Gasteiger partial charge is 0.299 e. The van der Waals surface area contributed by atoms with Crippen LogP contribution in [0.1, 0.15) is 55.1 Å². The van der Waals surface area contributed by atoms with Crippen LogP contribution in [-0.4, -0.2) is 29.1 Å². The minimum absolute atomic E-state index is 0.439. The molecule has 1 aliphatic heterocycles. The van der Waals surface area contributed by atoms with Gasteiger partial charge in [0.25, 0.3) is 5.91 Å². The Kier molecular flexibility index (Phi) is 7.26. The van der Waals surface area contributed by atoms with Gasteiger partial charge in [-0.15, -0.1) is 0 Å². The smallest absolute Gasteiger partial charge is 0.274 e. The minimum Gasteiger partial charge on any atom is -0.299 e. The molecule has 0 unspecified atom stereocenters. The summed E-state index contributed by atoms with van der Waals surface area (Å²) in [6.45, 7) is 9.38. The van der Waals surface area contributed by atoms with E-state index in [1.54, 1.807) is 11.5 Å². The number of hydroxylamine groups is 1. The van der Waals surface area contributed by atoms with Crippen molar-refractivity contribution in [2.45, 2.75) is 46.6 Å². The number of fused-ring (bicyclic) bond motifs is 1. The lowest BCUT2D eigenvalue weighted by Crippen LogP contribution is -2.31. The molecule has 1 amide bonds. The number of benzene rings is 1. The van der Waals surface area contributed by atoms with E-state index in [0.29, 0.717) is 5.56 Å². The summed E-state index contributed by atoms with van der Waals surface area (Å²) in [6, 6.07) is 5.66. The molecular formula is C16H26N2O2. The molecule has 0 radical (unpaired) electrons. The van der Waals surface area contributed by atoms with Gasteiger partial charge in [0.15, 0.2) is 0 Å². The zero-order chi connectivity index (χ0) is 15.0. The van der Waals surface area contributed by atoms with Crippen molar-refractivity contribution in [2.75, 3.05) is 13.1 Å². The van der Waals surface area contributed by atoms with Crippen molar-refractivity contribution < 1.29 is 10.0 Å². The molecule has 2 rings (SSSR count). The van der Waals surface area contributed by atoms with Crippen LogP contribution in [0.15, 0.2) is 18.2 Å². The van der Waals surface area contributed by atoms with E-state index in [0.717, 1.165) is 26.1 Å². The Hall–Kier alpha value is -1.39. The third kappa shape index (κ3) is 4.32. The maximum absolute atomic E-state index is 11.3. The molecule has 0 spiro atoms. The van der Waals surface area contributed by atoms with Crippen LogP contribution in [0.25, 0.3) is 0 Å². The van der Waals surface area contributed by atoms with Crippen molar-refractivity contribution in [3.8, 4) is 0 Å². The Balaban J connectivity index is 0.000000956. The molecular weight excluding hydrogens is 252 g/mol. The van der Waals surface area contributed by atoms with Gasteiger partial charge in [0.2, 0.25) is 0 Å². The van der Waals surface area contributed by atoms with E-state index in [-0.39, 0.29) is 0 Å². The summed E-state index contributed by atoms with van der Waals surface area (Å²) in [5, 5.41) is 8.62. The van der Waals surface area contributed by atoms with Crippen molar-refractivity contribution >= 4 is 5.91 Å². The van der Waals surface area contributed by atoms with Gasteiger partial charge < -0.3 is 0 Å². The fourth-order valence-corrected chi connectivity index (χ4v) is 2.39. The van der Waals surface area contributed by atoms with Crippen LogP contribution in [0.4, 0.5) is 0 Å². The average Bonchev–Trinajstić information content (AvgIpc) is 2.53. The van der Waals surface area contributed by atoms with Gasteiger partial charge >= 0.3 is 0 Å². The highest BCUT2D eigenvalue weighted by molar-refractivity contribution is 5.93. The Morgan fingerprint density at radius 3 is 2.75 bits per heavy atom. The van der Waals surface area contributed by atoms with Crippen LogP contribution in [0.3, 0.4) is 0 Å². The SMILES string of the molecule is CC.CCCCN1CCc2cc(C(=O)NO)ccc2C1. The van der Waals surface area contributed by atoms with Gasteiger partial charge in [0.1, 0.15) is 0 Å². The maximum atomic E-state index is 11.3. The summed E-state index contributed by atoms with van der Waals surface area (Å²) in [5.74, 6) is -0.439. The third-order valence-corrected chi connectivity index (χ3v) is 3.49. The van der Waals surface area contributed by atoms with Crippen LogP contribution in [0, 0.1) is 0 Å². The first-order valence-corrected chi connectivity index (χ1v) is 7.53. The monoisotopic (exact) mass is 278 g/mol. The molecule has 0 atom stereocenters.